The van der Waals surface area contributed by atoms with Crippen molar-refractivity contribution in [2.24, 2.45) is 0 Å². The van der Waals surface area contributed by atoms with Gasteiger partial charge in [-0.1, -0.05) is 24.3 Å². The molecule has 0 spiro atoms. The van der Waals surface area contributed by atoms with E-state index in [0.29, 0.717) is 19.0 Å². The van der Waals surface area contributed by atoms with Crippen LogP contribution in [0.1, 0.15) is 41.3 Å². The summed E-state index contributed by atoms with van der Waals surface area (Å²) in [6.07, 6.45) is 2.51. The van der Waals surface area contributed by atoms with E-state index in [1.807, 2.05) is 36.2 Å². The fraction of sp³-hybridized carbons (Fsp3) is 0.333. The van der Waals surface area contributed by atoms with Crippen molar-refractivity contribution in [3.05, 3.63) is 59.7 Å². The molecule has 1 amide bonds. The number of benzene rings is 2. The minimum absolute atomic E-state index is 0.113. The summed E-state index contributed by atoms with van der Waals surface area (Å²) in [5.41, 5.74) is 3.81. The standard InChI is InChI=1S/C21H22N4O/c1-24(14-4-13-22)16-9-7-15(8-10-16)20-23-19-6-3-2-5-18(19)21(26)25(20)17-11-12-17/h2-3,5-10,17,20,23H,4,11-12,14H2,1H3. The average Bonchev–Trinajstić information content (AvgIpc) is 3.51. The van der Waals surface area contributed by atoms with Crippen molar-refractivity contribution in [1.82, 2.24) is 4.90 Å². The third-order valence-electron chi connectivity index (χ3n) is 5.11. The number of nitrogens with one attached hydrogen (secondary N) is 1. The molecule has 0 bridgehead atoms. The molecule has 1 atom stereocenters. The Balaban J connectivity index is 1.62. The van der Waals surface area contributed by atoms with Crippen LogP contribution < -0.4 is 10.2 Å². The maximum absolute atomic E-state index is 13.0. The number of anilines is 2. The lowest BCUT2D eigenvalue weighted by Crippen LogP contribution is -2.44. The predicted molar refractivity (Wildman–Crippen MR) is 102 cm³/mol. The van der Waals surface area contributed by atoms with Crippen molar-refractivity contribution < 1.29 is 4.79 Å². The van der Waals surface area contributed by atoms with Gasteiger partial charge in [-0.3, -0.25) is 4.79 Å². The van der Waals surface area contributed by atoms with Crippen molar-refractivity contribution in [2.75, 3.05) is 23.8 Å². The van der Waals surface area contributed by atoms with Gasteiger partial charge in [0, 0.05) is 31.0 Å². The van der Waals surface area contributed by atoms with Crippen LogP contribution in [0.2, 0.25) is 0 Å². The zero-order valence-corrected chi connectivity index (χ0v) is 14.9. The van der Waals surface area contributed by atoms with E-state index in [2.05, 4.69) is 40.6 Å². The zero-order chi connectivity index (χ0) is 18.1. The number of rotatable bonds is 5. The van der Waals surface area contributed by atoms with E-state index in [0.717, 1.165) is 35.3 Å². The zero-order valence-electron chi connectivity index (χ0n) is 14.9. The van der Waals surface area contributed by atoms with Crippen molar-refractivity contribution in [2.45, 2.75) is 31.5 Å². The van der Waals surface area contributed by atoms with E-state index in [4.69, 9.17) is 5.26 Å². The first-order valence-electron chi connectivity index (χ1n) is 9.05. The lowest BCUT2D eigenvalue weighted by atomic mass is 10.0. The van der Waals surface area contributed by atoms with Crippen LogP contribution in [0.15, 0.2) is 48.5 Å². The van der Waals surface area contributed by atoms with Gasteiger partial charge in [0.2, 0.25) is 0 Å². The highest BCUT2D eigenvalue weighted by Gasteiger charge is 2.41. The minimum atomic E-state index is -0.136. The smallest absolute Gasteiger partial charge is 0.258 e. The Morgan fingerprint density at radius 3 is 2.62 bits per heavy atom. The highest BCUT2D eigenvalue weighted by Crippen LogP contribution is 2.40. The minimum Gasteiger partial charge on any atom is -0.374 e. The predicted octanol–water partition coefficient (Wildman–Crippen LogP) is 3.77. The number of hydrogen-bond donors (Lipinski definition) is 1. The maximum atomic E-state index is 13.0. The molecule has 1 N–H and O–H groups in total. The van der Waals surface area contributed by atoms with Gasteiger partial charge in [-0.2, -0.15) is 5.26 Å². The van der Waals surface area contributed by atoms with Gasteiger partial charge in [-0.25, -0.2) is 0 Å². The molecule has 0 saturated heterocycles. The van der Waals surface area contributed by atoms with Crippen LogP contribution in [0.3, 0.4) is 0 Å². The highest BCUT2D eigenvalue weighted by atomic mass is 16.2. The molecule has 5 heteroatoms. The van der Waals surface area contributed by atoms with Crippen LogP contribution in [0.25, 0.3) is 0 Å². The van der Waals surface area contributed by atoms with E-state index in [1.54, 1.807) is 0 Å². The maximum Gasteiger partial charge on any atom is 0.258 e. The first-order chi connectivity index (χ1) is 12.7. The lowest BCUT2D eigenvalue weighted by Gasteiger charge is -2.38. The van der Waals surface area contributed by atoms with Crippen LogP contribution >= 0.6 is 0 Å². The van der Waals surface area contributed by atoms with Crippen molar-refractivity contribution in [3.8, 4) is 6.07 Å². The summed E-state index contributed by atoms with van der Waals surface area (Å²) in [6.45, 7) is 0.706. The number of nitriles is 1. The summed E-state index contributed by atoms with van der Waals surface area (Å²) in [6, 6.07) is 18.5. The Morgan fingerprint density at radius 1 is 1.19 bits per heavy atom. The monoisotopic (exact) mass is 346 g/mol. The van der Waals surface area contributed by atoms with Crippen LogP contribution in [-0.2, 0) is 0 Å². The third kappa shape index (κ3) is 2.99. The summed E-state index contributed by atoms with van der Waals surface area (Å²) in [7, 11) is 1.99. The van der Waals surface area contributed by atoms with Gasteiger partial charge in [-0.05, 0) is 42.7 Å². The van der Waals surface area contributed by atoms with Crippen molar-refractivity contribution in [1.29, 1.82) is 5.26 Å². The van der Waals surface area contributed by atoms with Crippen LogP contribution in [0, 0.1) is 11.3 Å². The molecular formula is C21H22N4O. The fourth-order valence-corrected chi connectivity index (χ4v) is 3.50. The molecule has 4 rings (SSSR count). The number of carbonyl (C=O) groups is 1. The van der Waals surface area contributed by atoms with E-state index in [1.165, 1.54) is 0 Å². The van der Waals surface area contributed by atoms with Crippen LogP contribution in [0.4, 0.5) is 11.4 Å². The molecule has 2 aliphatic rings. The summed E-state index contributed by atoms with van der Waals surface area (Å²) >= 11 is 0. The van der Waals surface area contributed by atoms with Crippen LogP contribution in [0.5, 0.6) is 0 Å². The molecule has 1 fully saturated rings. The molecular weight excluding hydrogens is 324 g/mol. The largest absolute Gasteiger partial charge is 0.374 e. The molecule has 26 heavy (non-hydrogen) atoms. The van der Waals surface area contributed by atoms with E-state index in [-0.39, 0.29) is 12.1 Å². The quantitative estimate of drug-likeness (QED) is 0.895. The number of carbonyl (C=O) groups excluding carboxylic acids is 1. The first kappa shape index (κ1) is 16.5. The summed E-state index contributed by atoms with van der Waals surface area (Å²) in [5, 5.41) is 12.3. The Kier molecular flexibility index (Phi) is 4.26. The molecule has 1 unspecified atom stereocenters. The van der Waals surface area contributed by atoms with E-state index >= 15 is 0 Å². The second-order valence-corrected chi connectivity index (χ2v) is 6.96. The van der Waals surface area contributed by atoms with Gasteiger partial charge >= 0.3 is 0 Å². The highest BCUT2D eigenvalue weighted by molar-refractivity contribution is 6.02. The molecule has 5 nitrogen and oxygen atoms in total. The van der Waals surface area contributed by atoms with Gasteiger partial charge in [0.15, 0.2) is 0 Å². The van der Waals surface area contributed by atoms with Gasteiger partial charge in [0.25, 0.3) is 5.91 Å². The topological polar surface area (TPSA) is 59.4 Å². The number of nitrogens with zero attached hydrogens (tertiary/aromatic N) is 3. The van der Waals surface area contributed by atoms with E-state index < -0.39 is 0 Å². The Labute approximate surface area is 153 Å². The molecule has 1 aliphatic carbocycles. The molecule has 0 radical (unpaired) electrons. The molecule has 2 aromatic carbocycles. The fourth-order valence-electron chi connectivity index (χ4n) is 3.50. The normalized spacial score (nSPS) is 18.7. The second kappa shape index (κ2) is 6.72. The first-order valence-corrected chi connectivity index (χ1v) is 9.05. The summed E-state index contributed by atoms with van der Waals surface area (Å²) < 4.78 is 0. The van der Waals surface area contributed by atoms with Crippen molar-refractivity contribution in [3.63, 3.8) is 0 Å². The average molecular weight is 346 g/mol. The van der Waals surface area contributed by atoms with Crippen molar-refractivity contribution >= 4 is 17.3 Å². The molecule has 132 valence electrons. The molecule has 0 aromatic heterocycles. The number of amides is 1. The number of para-hydroxylation sites is 1. The van der Waals surface area contributed by atoms with Gasteiger partial charge in [0.05, 0.1) is 18.1 Å². The lowest BCUT2D eigenvalue weighted by molar-refractivity contribution is 0.0666. The molecule has 1 aliphatic heterocycles. The SMILES string of the molecule is CN(CCC#N)c1ccc(C2Nc3ccccc3C(=O)N2C2CC2)cc1. The van der Waals surface area contributed by atoms with Crippen LogP contribution in [-0.4, -0.2) is 30.4 Å². The molecule has 2 aromatic rings. The summed E-state index contributed by atoms with van der Waals surface area (Å²) in [5.74, 6) is 0.113. The number of fused-ring (bicyclic) bond motifs is 1. The Morgan fingerprint density at radius 2 is 1.92 bits per heavy atom. The molecule has 1 saturated carbocycles. The van der Waals surface area contributed by atoms with Gasteiger partial charge in [-0.15, -0.1) is 0 Å². The molecule has 1 heterocycles. The third-order valence-corrected chi connectivity index (χ3v) is 5.11. The van der Waals surface area contributed by atoms with Gasteiger partial charge in [0.1, 0.15) is 6.17 Å². The van der Waals surface area contributed by atoms with Gasteiger partial charge < -0.3 is 15.1 Å². The Bertz CT molecular complexity index is 851. The second-order valence-electron chi connectivity index (χ2n) is 6.96. The summed E-state index contributed by atoms with van der Waals surface area (Å²) in [4.78, 5) is 17.1. The van der Waals surface area contributed by atoms with E-state index in [9.17, 15) is 4.79 Å². The Hall–Kier alpha value is -3.00. The number of hydrogen-bond acceptors (Lipinski definition) is 4.